The molecule has 0 radical (unpaired) electrons. The number of ether oxygens (including phenoxy) is 1. The van der Waals surface area contributed by atoms with Crippen LogP contribution < -0.4 is 11.5 Å². The van der Waals surface area contributed by atoms with Gasteiger partial charge in [0.05, 0.1) is 0 Å². The van der Waals surface area contributed by atoms with Crippen LogP contribution in [0.5, 0.6) is 0 Å². The van der Waals surface area contributed by atoms with Gasteiger partial charge in [-0.05, 0) is 136 Å². The van der Waals surface area contributed by atoms with E-state index in [1.54, 1.807) is 11.6 Å². The minimum atomic E-state index is -0.160. The molecular formula is C39H60N2O2. The Bertz CT molecular complexity index is 1270. The lowest BCUT2D eigenvalue weighted by Crippen LogP contribution is -2.58. The van der Waals surface area contributed by atoms with Gasteiger partial charge in [0.1, 0.15) is 6.10 Å². The summed E-state index contributed by atoms with van der Waals surface area (Å²) in [6, 6.07) is 5.53. The second-order valence-electron chi connectivity index (χ2n) is 16.5. The minimum Gasteiger partial charge on any atom is -0.461 e. The van der Waals surface area contributed by atoms with Crippen molar-refractivity contribution >= 4 is 17.3 Å². The number of fused-ring (bicyclic) bond motifs is 5. The van der Waals surface area contributed by atoms with Gasteiger partial charge in [-0.15, -0.1) is 0 Å². The molecule has 3 saturated carbocycles. The van der Waals surface area contributed by atoms with Crippen molar-refractivity contribution in [3.63, 3.8) is 0 Å². The van der Waals surface area contributed by atoms with Crippen molar-refractivity contribution in [3.8, 4) is 0 Å². The summed E-state index contributed by atoms with van der Waals surface area (Å²) in [4.78, 5) is 13.1. The summed E-state index contributed by atoms with van der Waals surface area (Å²) in [5, 5.41) is 0. The number of benzene rings is 1. The maximum Gasteiger partial charge on any atom is 0.306 e. The lowest BCUT2D eigenvalue weighted by Gasteiger charge is -2.64. The van der Waals surface area contributed by atoms with Crippen LogP contribution >= 0.6 is 0 Å². The van der Waals surface area contributed by atoms with Gasteiger partial charge in [-0.1, -0.05) is 70.9 Å². The molecule has 8 unspecified atom stereocenters. The fourth-order valence-electron chi connectivity index (χ4n) is 11.1. The van der Waals surface area contributed by atoms with Crippen LogP contribution in [0.25, 0.3) is 0 Å². The lowest BCUT2D eigenvalue weighted by molar-refractivity contribution is -0.162. The van der Waals surface area contributed by atoms with Gasteiger partial charge in [0.15, 0.2) is 0 Å². The normalized spacial score (nSPS) is 36.9. The smallest absolute Gasteiger partial charge is 0.306 e. The maximum atomic E-state index is 13.1. The summed E-state index contributed by atoms with van der Waals surface area (Å²) in [5.74, 6) is 2.95. The first-order valence-electron chi connectivity index (χ1n) is 17.3. The molecule has 43 heavy (non-hydrogen) atoms. The zero-order chi connectivity index (χ0) is 31.4. The molecule has 4 heteroatoms. The Morgan fingerprint density at radius 1 is 1.00 bits per heavy atom. The van der Waals surface area contributed by atoms with E-state index in [1.807, 2.05) is 12.1 Å². The number of nitrogens with two attached hydrogens (primary N) is 2. The molecule has 0 aliphatic heterocycles. The molecule has 1 aromatic carbocycles. The van der Waals surface area contributed by atoms with E-state index < -0.39 is 0 Å². The molecule has 4 aliphatic rings. The van der Waals surface area contributed by atoms with E-state index in [1.165, 1.54) is 50.5 Å². The van der Waals surface area contributed by atoms with Crippen molar-refractivity contribution in [1.82, 2.24) is 0 Å². The minimum absolute atomic E-state index is 0.0819. The van der Waals surface area contributed by atoms with Gasteiger partial charge in [-0.3, -0.25) is 4.79 Å². The van der Waals surface area contributed by atoms with Crippen molar-refractivity contribution in [2.24, 2.45) is 45.3 Å². The highest BCUT2D eigenvalue weighted by molar-refractivity contribution is 5.71. The number of nitrogen functional groups attached to an aromatic ring is 2. The summed E-state index contributed by atoms with van der Waals surface area (Å²) in [5.41, 5.74) is 18.1. The molecule has 0 spiro atoms. The van der Waals surface area contributed by atoms with Crippen LogP contribution in [0.4, 0.5) is 11.4 Å². The number of hydrogen-bond acceptors (Lipinski definition) is 4. The molecule has 238 valence electrons. The molecule has 4 N–H and O–H groups in total. The fourth-order valence-corrected chi connectivity index (χ4v) is 11.1. The van der Waals surface area contributed by atoms with Crippen molar-refractivity contribution in [2.45, 2.75) is 132 Å². The first-order valence-corrected chi connectivity index (χ1v) is 17.3. The molecule has 0 saturated heterocycles. The fraction of sp³-hybridized carbons (Fsp3) is 0.718. The lowest BCUT2D eigenvalue weighted by atomic mass is 9.40. The van der Waals surface area contributed by atoms with E-state index in [2.05, 4.69) is 67.5 Å². The first kappa shape index (κ1) is 32.2. The molecule has 3 fully saturated rings. The topological polar surface area (TPSA) is 78.3 Å². The Kier molecular flexibility index (Phi) is 8.68. The molecular weight excluding hydrogens is 528 g/mol. The predicted molar refractivity (Wildman–Crippen MR) is 180 cm³/mol. The summed E-state index contributed by atoms with van der Waals surface area (Å²) >= 11 is 0. The number of anilines is 2. The number of aryl methyl sites for hydroxylation is 1. The molecule has 4 nitrogen and oxygen atoms in total. The molecule has 4 aliphatic carbocycles. The van der Waals surface area contributed by atoms with Crippen LogP contribution in [0.1, 0.15) is 125 Å². The predicted octanol–water partition coefficient (Wildman–Crippen LogP) is 9.68. The largest absolute Gasteiger partial charge is 0.461 e. The van der Waals surface area contributed by atoms with Gasteiger partial charge < -0.3 is 16.2 Å². The van der Waals surface area contributed by atoms with Crippen LogP contribution in [0.2, 0.25) is 0 Å². The summed E-state index contributed by atoms with van der Waals surface area (Å²) in [6.07, 6.45) is 17.1. The molecule has 1 aromatic rings. The molecule has 0 amide bonds. The maximum absolute atomic E-state index is 13.1. The van der Waals surface area contributed by atoms with Crippen molar-refractivity contribution in [3.05, 3.63) is 47.1 Å². The summed E-state index contributed by atoms with van der Waals surface area (Å²) < 4.78 is 6.27. The number of rotatable bonds is 8. The Hall–Kier alpha value is -2.23. The van der Waals surface area contributed by atoms with Gasteiger partial charge in [0.2, 0.25) is 0 Å². The Morgan fingerprint density at radius 2 is 1.72 bits per heavy atom. The quantitative estimate of drug-likeness (QED) is 0.180. The zero-order valence-corrected chi connectivity index (χ0v) is 28.5. The number of hydrogen-bond donors (Lipinski definition) is 2. The summed E-state index contributed by atoms with van der Waals surface area (Å²) in [6.45, 7) is 19.6. The Morgan fingerprint density at radius 3 is 2.42 bits per heavy atom. The number of allylic oxidation sites excluding steroid dienone is 3. The van der Waals surface area contributed by atoms with Crippen molar-refractivity contribution < 1.29 is 9.53 Å². The Balaban J connectivity index is 1.30. The number of carbonyl (C=O) groups excluding carboxylic acids is 1. The third kappa shape index (κ3) is 5.48. The van der Waals surface area contributed by atoms with Gasteiger partial charge in [0, 0.05) is 23.2 Å². The second kappa shape index (κ2) is 11.6. The van der Waals surface area contributed by atoms with E-state index in [4.69, 9.17) is 16.2 Å². The van der Waals surface area contributed by atoms with E-state index in [-0.39, 0.29) is 22.9 Å². The highest BCUT2D eigenvalue weighted by atomic mass is 16.5. The van der Waals surface area contributed by atoms with E-state index in [0.717, 1.165) is 42.1 Å². The number of esters is 1. The number of carbonyl (C=O) groups is 1. The SMILES string of the molecule is CC(C)=CCCC(C)C1CCC2(C)C3CC=C4C(C)(C)C(OC(=O)CCc5ccc(N)cc5N)CCC4(C)C3CCC12C. The highest BCUT2D eigenvalue weighted by Crippen LogP contribution is 2.73. The third-order valence-electron chi connectivity index (χ3n) is 13.7. The molecule has 0 aromatic heterocycles. The monoisotopic (exact) mass is 588 g/mol. The average molecular weight is 589 g/mol. The Labute approximate surface area is 262 Å². The van der Waals surface area contributed by atoms with Crippen LogP contribution in [0.3, 0.4) is 0 Å². The van der Waals surface area contributed by atoms with Gasteiger partial charge in [-0.25, -0.2) is 0 Å². The third-order valence-corrected chi connectivity index (χ3v) is 13.7. The standard InChI is InChI=1S/C39H60N2O2/c1-25(2)10-9-11-26(3)29-18-22-39(8)31-15-16-33-36(4,5)34(20-21-37(33,6)30(31)19-23-38(29,39)7)43-35(42)17-13-27-12-14-28(40)24-32(27)41/h10,12,14,16,24,26,29-31,34H,9,11,13,15,17-23,40-41H2,1-8H3. The van der Waals surface area contributed by atoms with Crippen molar-refractivity contribution in [1.29, 1.82) is 0 Å². The van der Waals surface area contributed by atoms with Crippen LogP contribution in [0, 0.1) is 45.3 Å². The molecule has 0 bridgehead atoms. The van der Waals surface area contributed by atoms with Crippen molar-refractivity contribution in [2.75, 3.05) is 11.5 Å². The molecule has 5 rings (SSSR count). The molecule has 8 atom stereocenters. The van der Waals surface area contributed by atoms with E-state index >= 15 is 0 Å². The van der Waals surface area contributed by atoms with E-state index in [0.29, 0.717) is 35.0 Å². The molecule has 0 heterocycles. The highest BCUT2D eigenvalue weighted by Gasteiger charge is 2.66. The van der Waals surface area contributed by atoms with E-state index in [9.17, 15) is 4.79 Å². The summed E-state index contributed by atoms with van der Waals surface area (Å²) in [7, 11) is 0. The second-order valence-corrected chi connectivity index (χ2v) is 16.5. The van der Waals surface area contributed by atoms with Crippen LogP contribution in [0.15, 0.2) is 41.5 Å². The van der Waals surface area contributed by atoms with Gasteiger partial charge in [0.25, 0.3) is 0 Å². The van der Waals surface area contributed by atoms with Crippen LogP contribution in [-0.4, -0.2) is 12.1 Å². The zero-order valence-electron chi connectivity index (χ0n) is 28.5. The van der Waals surface area contributed by atoms with Gasteiger partial charge >= 0.3 is 5.97 Å². The average Bonchev–Trinajstić information content (AvgIpc) is 3.21. The first-order chi connectivity index (χ1) is 20.1. The van der Waals surface area contributed by atoms with Gasteiger partial charge in [-0.2, -0.15) is 0 Å². The van der Waals surface area contributed by atoms with Crippen LogP contribution in [-0.2, 0) is 16.0 Å².